The van der Waals surface area contributed by atoms with Gasteiger partial charge in [-0.2, -0.15) is 0 Å². The Hall–Kier alpha value is -2.19. The lowest BCUT2D eigenvalue weighted by molar-refractivity contribution is -0.148. The molecular weight excluding hydrogens is 512 g/mol. The zero-order valence-corrected chi connectivity index (χ0v) is 23.7. The Morgan fingerprint density at radius 3 is 2.12 bits per heavy atom. The molecule has 1 saturated heterocycles. The van der Waals surface area contributed by atoms with Crippen LogP contribution in [0.5, 0.6) is 0 Å². The number of rotatable bonds is 3. The molecule has 8 heteroatoms. The number of aliphatic hydroxyl groups is 1. The van der Waals surface area contributed by atoms with E-state index in [0.717, 1.165) is 25.2 Å². The van der Waals surface area contributed by atoms with E-state index in [1.54, 1.807) is 12.3 Å². The molecule has 5 saturated carbocycles. The Kier molecular flexibility index (Phi) is 6.97. The quantitative estimate of drug-likeness (QED) is 0.431. The molecule has 0 unspecified atom stereocenters. The highest BCUT2D eigenvalue weighted by atomic mass is 16.6. The summed E-state index contributed by atoms with van der Waals surface area (Å²) in [6.45, 7) is 4.97. The number of carboxylic acids is 2. The number of hydrogen-bond acceptors (Lipinski definition) is 6. The van der Waals surface area contributed by atoms with Gasteiger partial charge in [-0.05, 0) is 118 Å². The number of hydrogen-bond donors (Lipinski definition) is 3. The van der Waals surface area contributed by atoms with Crippen molar-refractivity contribution in [3.63, 3.8) is 0 Å². The Balaban J connectivity index is 0.000000204. The number of ether oxygens (including phenoxy) is 1. The summed E-state index contributed by atoms with van der Waals surface area (Å²) < 4.78 is 11.8. The molecule has 5 aliphatic carbocycles. The zero-order chi connectivity index (χ0) is 28.4. The molecule has 2 heterocycles. The van der Waals surface area contributed by atoms with Gasteiger partial charge in [-0.15, -0.1) is 0 Å². The second-order valence-electron chi connectivity index (χ2n) is 14.2. The summed E-state index contributed by atoms with van der Waals surface area (Å²) in [6, 6.07) is 3.55. The van der Waals surface area contributed by atoms with E-state index in [4.69, 9.17) is 19.4 Å². The van der Waals surface area contributed by atoms with Crippen molar-refractivity contribution < 1.29 is 34.1 Å². The smallest absolute Gasteiger partial charge is 0.335 e. The summed E-state index contributed by atoms with van der Waals surface area (Å²) in [5.74, 6) is 0.253. The average Bonchev–Trinajstić information content (AvgIpc) is 3.59. The Bertz CT molecular complexity index is 1160. The highest BCUT2D eigenvalue weighted by molar-refractivity contribution is 5.72. The molecule has 6 fully saturated rings. The van der Waals surface area contributed by atoms with Crippen LogP contribution in [0.1, 0.15) is 102 Å². The fraction of sp³-hybridized carbons (Fsp3) is 0.781. The SMILES string of the molecule is C[C@]12CC[C@H](O)C[C@H]1CC[C@@H]1[C@@H]2CC[C@]2(C)[C@@H](c3ccc(=O)oc3)C[C@H]3O[C@]132.O=C(O)C1CCC(C(=O)O)CC1. The van der Waals surface area contributed by atoms with Crippen LogP contribution in [0, 0.1) is 40.4 Å². The zero-order valence-electron chi connectivity index (χ0n) is 23.7. The lowest BCUT2D eigenvalue weighted by Gasteiger charge is -2.61. The third-order valence-corrected chi connectivity index (χ3v) is 12.6. The minimum atomic E-state index is -0.793. The van der Waals surface area contributed by atoms with Crippen LogP contribution >= 0.6 is 0 Å². The number of fused-ring (bicyclic) bond motifs is 3. The third-order valence-electron chi connectivity index (χ3n) is 12.6. The number of aliphatic carboxylic acids is 2. The third kappa shape index (κ3) is 4.27. The van der Waals surface area contributed by atoms with Gasteiger partial charge in [0.25, 0.3) is 0 Å². The summed E-state index contributed by atoms with van der Waals surface area (Å²) in [7, 11) is 0. The summed E-state index contributed by atoms with van der Waals surface area (Å²) in [5.41, 5.74) is 1.44. The predicted molar refractivity (Wildman–Crippen MR) is 146 cm³/mol. The second-order valence-corrected chi connectivity index (χ2v) is 14.2. The van der Waals surface area contributed by atoms with E-state index in [1.807, 2.05) is 6.07 Å². The predicted octanol–water partition coefficient (Wildman–Crippen LogP) is 5.22. The van der Waals surface area contributed by atoms with Crippen molar-refractivity contribution in [3.8, 4) is 0 Å². The van der Waals surface area contributed by atoms with Crippen molar-refractivity contribution in [2.24, 2.45) is 40.4 Å². The van der Waals surface area contributed by atoms with Gasteiger partial charge in [-0.25, -0.2) is 4.79 Å². The molecule has 1 spiro atoms. The first-order valence-electron chi connectivity index (χ1n) is 15.4. The van der Waals surface area contributed by atoms with Crippen molar-refractivity contribution in [1.29, 1.82) is 0 Å². The first-order valence-corrected chi connectivity index (χ1v) is 15.4. The van der Waals surface area contributed by atoms with Gasteiger partial charge in [0, 0.05) is 11.5 Å². The molecule has 9 atom stereocenters. The monoisotopic (exact) mass is 556 g/mol. The van der Waals surface area contributed by atoms with Gasteiger partial charge in [-0.1, -0.05) is 13.8 Å². The molecule has 0 aromatic carbocycles. The van der Waals surface area contributed by atoms with Gasteiger partial charge >= 0.3 is 17.6 Å². The van der Waals surface area contributed by atoms with E-state index in [0.29, 0.717) is 55.0 Å². The van der Waals surface area contributed by atoms with Gasteiger partial charge in [0.2, 0.25) is 0 Å². The fourth-order valence-electron chi connectivity index (χ4n) is 10.3. The van der Waals surface area contributed by atoms with Crippen LogP contribution in [0.25, 0.3) is 0 Å². The minimum Gasteiger partial charge on any atom is -0.481 e. The number of carbonyl (C=O) groups is 2. The van der Waals surface area contributed by atoms with Crippen LogP contribution in [-0.4, -0.2) is 45.1 Å². The van der Waals surface area contributed by atoms with Gasteiger partial charge in [0.1, 0.15) is 5.60 Å². The maximum absolute atomic E-state index is 11.4. The molecule has 3 N–H and O–H groups in total. The van der Waals surface area contributed by atoms with E-state index in [2.05, 4.69) is 13.8 Å². The first-order chi connectivity index (χ1) is 19.0. The van der Waals surface area contributed by atoms with Crippen molar-refractivity contribution in [2.45, 2.75) is 115 Å². The van der Waals surface area contributed by atoms with Crippen molar-refractivity contribution >= 4 is 11.9 Å². The van der Waals surface area contributed by atoms with Crippen LogP contribution in [0.15, 0.2) is 27.6 Å². The average molecular weight is 557 g/mol. The molecule has 1 aromatic heterocycles. The second kappa shape index (κ2) is 9.97. The first kappa shape index (κ1) is 28.0. The Morgan fingerprint density at radius 1 is 0.850 bits per heavy atom. The molecular formula is C32H44O8. The number of carboxylic acid groups (broad SMARTS) is 2. The molecule has 0 amide bonds. The van der Waals surface area contributed by atoms with Crippen molar-refractivity contribution in [1.82, 2.24) is 0 Å². The van der Waals surface area contributed by atoms with E-state index in [1.165, 1.54) is 37.7 Å². The van der Waals surface area contributed by atoms with Crippen LogP contribution in [0.2, 0.25) is 0 Å². The highest BCUT2D eigenvalue weighted by Crippen LogP contribution is 2.77. The van der Waals surface area contributed by atoms with Gasteiger partial charge in [0.05, 0.1) is 30.3 Å². The number of epoxide rings is 1. The molecule has 0 bridgehead atoms. The van der Waals surface area contributed by atoms with Gasteiger partial charge in [0.15, 0.2) is 0 Å². The minimum absolute atomic E-state index is 0.0285. The van der Waals surface area contributed by atoms with Crippen molar-refractivity contribution in [3.05, 3.63) is 34.4 Å². The van der Waals surface area contributed by atoms with Crippen molar-refractivity contribution in [2.75, 3.05) is 0 Å². The van der Waals surface area contributed by atoms with Gasteiger partial charge in [-0.3, -0.25) is 9.59 Å². The maximum atomic E-state index is 11.4. The molecule has 220 valence electrons. The lowest BCUT2D eigenvalue weighted by Crippen LogP contribution is -2.58. The lowest BCUT2D eigenvalue weighted by atomic mass is 9.44. The van der Waals surface area contributed by atoms with E-state index in [9.17, 15) is 19.5 Å². The maximum Gasteiger partial charge on any atom is 0.335 e. The molecule has 0 radical (unpaired) electrons. The summed E-state index contributed by atoms with van der Waals surface area (Å²) in [5, 5.41) is 27.5. The topological polar surface area (TPSA) is 138 Å². The van der Waals surface area contributed by atoms with E-state index < -0.39 is 11.9 Å². The van der Waals surface area contributed by atoms with Crippen LogP contribution in [-0.2, 0) is 14.3 Å². The normalized spacial score (nSPS) is 46.9. The fourth-order valence-corrected chi connectivity index (χ4v) is 10.3. The molecule has 8 nitrogen and oxygen atoms in total. The highest BCUT2D eigenvalue weighted by Gasteiger charge is 2.80. The van der Waals surface area contributed by atoms with E-state index in [-0.39, 0.29) is 34.6 Å². The largest absolute Gasteiger partial charge is 0.481 e. The standard InChI is InChI=1S/C24H32O4.C8H12O4/c1-22-9-7-16(25)11-15(22)4-5-18-17(22)8-10-23(2)19(12-20-24(18,23)28-20)14-3-6-21(26)27-13-14;9-7(10)5-1-2-6(4-3-5)8(11)12/h3,6,13,15-20,25H,4-5,7-12H2,1-2H3;5-6H,1-4H2,(H,9,10)(H,11,12)/t15-,16+,17+,18-,19-,20-,22+,23-,24-;/m1./s1. The summed E-state index contributed by atoms with van der Waals surface area (Å²) in [6.07, 6.45) is 13.2. The number of aliphatic hydroxyl groups excluding tert-OH is 1. The van der Waals surface area contributed by atoms with Crippen LogP contribution in [0.3, 0.4) is 0 Å². The molecule has 1 aromatic rings. The van der Waals surface area contributed by atoms with Crippen LogP contribution in [0.4, 0.5) is 0 Å². The van der Waals surface area contributed by atoms with Gasteiger partial charge < -0.3 is 24.5 Å². The molecule has 1 aliphatic heterocycles. The van der Waals surface area contributed by atoms with E-state index >= 15 is 0 Å². The Morgan fingerprint density at radius 2 is 1.52 bits per heavy atom. The molecule has 6 aliphatic rings. The molecule has 40 heavy (non-hydrogen) atoms. The molecule has 7 rings (SSSR count). The summed E-state index contributed by atoms with van der Waals surface area (Å²) >= 11 is 0. The Labute approximate surface area is 235 Å². The summed E-state index contributed by atoms with van der Waals surface area (Å²) in [4.78, 5) is 32.4. The van der Waals surface area contributed by atoms with Crippen LogP contribution < -0.4 is 5.63 Å².